The van der Waals surface area contributed by atoms with Gasteiger partial charge >= 0.3 is 0 Å². The van der Waals surface area contributed by atoms with Crippen molar-refractivity contribution in [1.29, 1.82) is 0 Å². The van der Waals surface area contributed by atoms with Crippen LogP contribution >= 0.6 is 11.8 Å². The van der Waals surface area contributed by atoms with Gasteiger partial charge in [0.15, 0.2) is 0 Å². The highest BCUT2D eigenvalue weighted by molar-refractivity contribution is 8.02. The number of rotatable bonds is 3. The smallest absolute Gasteiger partial charge is 0.102 e. The lowest BCUT2D eigenvalue weighted by molar-refractivity contribution is 0.329. The average Bonchev–Trinajstić information content (AvgIpc) is 2.63. The third-order valence-corrected chi connectivity index (χ3v) is 2.90. The van der Waals surface area contributed by atoms with E-state index >= 15 is 0 Å². The molecule has 0 amide bonds. The number of hydrogen-bond acceptors (Lipinski definition) is 4. The van der Waals surface area contributed by atoms with Crippen molar-refractivity contribution in [3.05, 3.63) is 47.1 Å². The largest absolute Gasteiger partial charge is 0.299 e. The number of nitrogens with zero attached hydrogens (tertiary/aromatic N) is 1. The molecule has 1 aliphatic heterocycles. The first-order chi connectivity index (χ1) is 6.84. The van der Waals surface area contributed by atoms with Crippen LogP contribution in [0.25, 0.3) is 0 Å². The molecule has 0 spiro atoms. The molecule has 0 saturated carbocycles. The van der Waals surface area contributed by atoms with Gasteiger partial charge in [-0.3, -0.25) is 10.4 Å². The van der Waals surface area contributed by atoms with Crippen LogP contribution in [0.2, 0.25) is 0 Å². The van der Waals surface area contributed by atoms with Crippen molar-refractivity contribution in [3.63, 3.8) is 0 Å². The van der Waals surface area contributed by atoms with Crippen molar-refractivity contribution in [2.45, 2.75) is 5.75 Å². The lowest BCUT2D eigenvalue weighted by Gasteiger charge is -2.05. The van der Waals surface area contributed by atoms with Gasteiger partial charge in [0.25, 0.3) is 0 Å². The van der Waals surface area contributed by atoms with Crippen molar-refractivity contribution >= 4 is 11.8 Å². The van der Waals surface area contributed by atoms with E-state index in [0.29, 0.717) is 0 Å². The summed E-state index contributed by atoms with van der Waals surface area (Å²) in [5.74, 6) is 0.995. The van der Waals surface area contributed by atoms with Crippen LogP contribution in [0.15, 0.2) is 41.6 Å². The standard InChI is InChI=1S/C10H13N3S/c1-13-7-10(11-12-13)14-8-9-5-3-2-4-6-9/h2-7,11-12H,8H2,1H3. The first kappa shape index (κ1) is 9.43. The first-order valence-electron chi connectivity index (χ1n) is 4.47. The molecule has 74 valence electrons. The highest BCUT2D eigenvalue weighted by atomic mass is 32.2. The maximum absolute atomic E-state index is 3.08. The maximum Gasteiger partial charge on any atom is 0.102 e. The summed E-state index contributed by atoms with van der Waals surface area (Å²) in [6, 6.07) is 10.4. The Kier molecular flexibility index (Phi) is 2.96. The van der Waals surface area contributed by atoms with E-state index in [0.717, 1.165) is 10.8 Å². The summed E-state index contributed by atoms with van der Waals surface area (Å²) in [6.45, 7) is 0. The molecule has 0 aromatic heterocycles. The Bertz CT molecular complexity index is 323. The van der Waals surface area contributed by atoms with Gasteiger partial charge in [-0.2, -0.15) is 0 Å². The van der Waals surface area contributed by atoms with Gasteiger partial charge in [0.05, 0.1) is 0 Å². The minimum Gasteiger partial charge on any atom is -0.299 e. The minimum atomic E-state index is 0.995. The highest BCUT2D eigenvalue weighted by Gasteiger charge is 2.06. The predicted octanol–water partition coefficient (Wildman–Crippen LogP) is 1.67. The molecular weight excluding hydrogens is 194 g/mol. The number of thioether (sulfide) groups is 1. The van der Waals surface area contributed by atoms with E-state index in [1.54, 1.807) is 11.8 Å². The van der Waals surface area contributed by atoms with Crippen molar-refractivity contribution in [2.24, 2.45) is 0 Å². The van der Waals surface area contributed by atoms with Crippen LogP contribution in [0.5, 0.6) is 0 Å². The lowest BCUT2D eigenvalue weighted by atomic mass is 10.2. The molecule has 14 heavy (non-hydrogen) atoms. The summed E-state index contributed by atoms with van der Waals surface area (Å²) in [5, 5.41) is 3.05. The van der Waals surface area contributed by atoms with Crippen molar-refractivity contribution in [1.82, 2.24) is 16.0 Å². The van der Waals surface area contributed by atoms with E-state index in [9.17, 15) is 0 Å². The first-order valence-corrected chi connectivity index (χ1v) is 5.46. The highest BCUT2D eigenvalue weighted by Crippen LogP contribution is 2.20. The molecule has 2 rings (SSSR count). The molecule has 1 aliphatic rings. The quantitative estimate of drug-likeness (QED) is 0.788. The zero-order chi connectivity index (χ0) is 9.80. The lowest BCUT2D eigenvalue weighted by Crippen LogP contribution is -2.33. The van der Waals surface area contributed by atoms with Crippen LogP contribution in [0, 0.1) is 0 Å². The van der Waals surface area contributed by atoms with E-state index < -0.39 is 0 Å². The second-order valence-electron chi connectivity index (χ2n) is 3.12. The number of benzene rings is 1. The summed E-state index contributed by atoms with van der Waals surface area (Å²) < 4.78 is 0. The third-order valence-electron chi connectivity index (χ3n) is 1.90. The molecule has 1 heterocycles. The van der Waals surface area contributed by atoms with E-state index in [-0.39, 0.29) is 0 Å². The predicted molar refractivity (Wildman–Crippen MR) is 59.9 cm³/mol. The molecule has 4 heteroatoms. The van der Waals surface area contributed by atoms with Crippen LogP contribution < -0.4 is 11.0 Å². The molecule has 0 aliphatic carbocycles. The molecule has 0 unspecified atom stereocenters. The molecule has 0 bridgehead atoms. The Hall–Kier alpha value is -1.13. The topological polar surface area (TPSA) is 27.3 Å². The van der Waals surface area contributed by atoms with Crippen molar-refractivity contribution in [2.75, 3.05) is 7.05 Å². The molecule has 0 fully saturated rings. The van der Waals surface area contributed by atoms with Crippen LogP contribution in [0.3, 0.4) is 0 Å². The summed E-state index contributed by atoms with van der Waals surface area (Å²) in [6.07, 6.45) is 2.04. The zero-order valence-electron chi connectivity index (χ0n) is 8.03. The van der Waals surface area contributed by atoms with E-state index in [4.69, 9.17) is 0 Å². The molecule has 3 nitrogen and oxygen atoms in total. The SMILES string of the molecule is CN1C=C(SCc2ccccc2)NN1. The monoisotopic (exact) mass is 207 g/mol. The molecule has 1 aromatic carbocycles. The van der Waals surface area contributed by atoms with Gasteiger partial charge in [-0.25, -0.2) is 0 Å². The van der Waals surface area contributed by atoms with Gasteiger partial charge in [0.1, 0.15) is 5.03 Å². The molecule has 2 N–H and O–H groups in total. The zero-order valence-corrected chi connectivity index (χ0v) is 8.84. The fourth-order valence-electron chi connectivity index (χ4n) is 1.19. The number of nitrogens with one attached hydrogen (secondary N) is 2. The van der Waals surface area contributed by atoms with Gasteiger partial charge in [-0.15, -0.1) is 17.3 Å². The van der Waals surface area contributed by atoms with Crippen molar-refractivity contribution in [3.8, 4) is 0 Å². The van der Waals surface area contributed by atoms with E-state index in [1.807, 2.05) is 24.3 Å². The third kappa shape index (κ3) is 2.43. The van der Waals surface area contributed by atoms with Crippen LogP contribution in [0.1, 0.15) is 5.56 Å². The van der Waals surface area contributed by atoms with Gasteiger partial charge in [0.2, 0.25) is 0 Å². The van der Waals surface area contributed by atoms with Crippen molar-refractivity contribution < 1.29 is 0 Å². The summed E-state index contributed by atoms with van der Waals surface area (Å²) in [5.41, 5.74) is 7.39. The Balaban J connectivity index is 1.86. The Morgan fingerprint density at radius 1 is 1.29 bits per heavy atom. The minimum absolute atomic E-state index is 0.995. The van der Waals surface area contributed by atoms with Crippen LogP contribution in [0.4, 0.5) is 0 Å². The fourth-order valence-corrected chi connectivity index (χ4v) is 2.06. The second-order valence-corrected chi connectivity index (χ2v) is 4.13. The molecule has 0 saturated heterocycles. The summed E-state index contributed by atoms with van der Waals surface area (Å²) in [4.78, 5) is 0. The fraction of sp³-hybridized carbons (Fsp3) is 0.200. The van der Waals surface area contributed by atoms with Gasteiger partial charge in [-0.05, 0) is 5.56 Å². The van der Waals surface area contributed by atoms with E-state index in [2.05, 4.69) is 35.2 Å². The Morgan fingerprint density at radius 2 is 2.07 bits per heavy atom. The molecule has 0 atom stereocenters. The number of hydrogen-bond donors (Lipinski definition) is 2. The van der Waals surface area contributed by atoms with Gasteiger partial charge < -0.3 is 0 Å². The Morgan fingerprint density at radius 3 is 2.71 bits per heavy atom. The normalized spacial score (nSPS) is 15.2. The second kappa shape index (κ2) is 4.39. The maximum atomic E-state index is 3.08. The van der Waals surface area contributed by atoms with Gasteiger partial charge in [-0.1, -0.05) is 30.3 Å². The average molecular weight is 207 g/mol. The van der Waals surface area contributed by atoms with Crippen LogP contribution in [-0.2, 0) is 5.75 Å². The molecule has 0 radical (unpaired) electrons. The van der Waals surface area contributed by atoms with Crippen LogP contribution in [-0.4, -0.2) is 12.1 Å². The van der Waals surface area contributed by atoms with E-state index in [1.165, 1.54) is 5.56 Å². The summed E-state index contributed by atoms with van der Waals surface area (Å²) >= 11 is 1.79. The number of hydrazine groups is 2. The van der Waals surface area contributed by atoms with Gasteiger partial charge in [0, 0.05) is 19.0 Å². The molecule has 1 aromatic rings. The molecular formula is C10H13N3S. The Labute approximate surface area is 88.1 Å². The summed E-state index contributed by atoms with van der Waals surface area (Å²) in [7, 11) is 1.96.